The normalized spacial score (nSPS) is 12.4. The van der Waals surface area contributed by atoms with Gasteiger partial charge in [-0.3, -0.25) is 0 Å². The van der Waals surface area contributed by atoms with E-state index in [1.807, 2.05) is 25.1 Å². The van der Waals surface area contributed by atoms with Crippen molar-refractivity contribution in [2.45, 2.75) is 32.8 Å². The predicted octanol–water partition coefficient (Wildman–Crippen LogP) is 2.44. The molecule has 2 N–H and O–H groups in total. The lowest BCUT2D eigenvalue weighted by atomic mass is 10.1. The summed E-state index contributed by atoms with van der Waals surface area (Å²) in [5.74, 6) is 0.733. The molecule has 114 valence electrons. The molecular weight excluding hydrogens is 254 g/mol. The van der Waals surface area contributed by atoms with Crippen molar-refractivity contribution < 1.29 is 14.6 Å². The molecule has 1 unspecified atom stereocenters. The lowest BCUT2D eigenvalue weighted by molar-refractivity contribution is 0.129. The molecule has 1 atom stereocenters. The largest absolute Gasteiger partial charge is 0.496 e. The fourth-order valence-electron chi connectivity index (χ4n) is 2.01. The van der Waals surface area contributed by atoms with Crippen LogP contribution in [0.3, 0.4) is 0 Å². The minimum absolute atomic E-state index is 0.521. The van der Waals surface area contributed by atoms with Crippen LogP contribution in [0.5, 0.6) is 5.75 Å². The monoisotopic (exact) mass is 281 g/mol. The Labute approximate surface area is 122 Å². The smallest absolute Gasteiger partial charge is 0.124 e. The first-order chi connectivity index (χ1) is 9.69. The van der Waals surface area contributed by atoms with Crippen LogP contribution in [0.4, 0.5) is 0 Å². The van der Waals surface area contributed by atoms with Crippen molar-refractivity contribution in [2.24, 2.45) is 0 Å². The molecule has 0 spiro atoms. The highest BCUT2D eigenvalue weighted by Crippen LogP contribution is 2.25. The van der Waals surface area contributed by atoms with E-state index in [1.165, 1.54) is 0 Å². The van der Waals surface area contributed by atoms with Gasteiger partial charge in [0.05, 0.1) is 13.2 Å². The van der Waals surface area contributed by atoms with Gasteiger partial charge in [-0.1, -0.05) is 18.6 Å². The van der Waals surface area contributed by atoms with E-state index in [0.717, 1.165) is 49.5 Å². The van der Waals surface area contributed by atoms with Crippen molar-refractivity contribution in [3.8, 4) is 5.75 Å². The Hall–Kier alpha value is -1.10. The van der Waals surface area contributed by atoms with E-state index in [1.54, 1.807) is 7.11 Å². The minimum atomic E-state index is -0.554. The van der Waals surface area contributed by atoms with Gasteiger partial charge >= 0.3 is 0 Å². The van der Waals surface area contributed by atoms with Crippen molar-refractivity contribution in [1.29, 1.82) is 0 Å². The first kappa shape index (κ1) is 17.0. The molecule has 1 rings (SSSR count). The minimum Gasteiger partial charge on any atom is -0.496 e. The Balaban J connectivity index is 2.32. The molecule has 0 radical (unpaired) electrons. The number of aliphatic hydroxyl groups excluding tert-OH is 1. The number of nitrogens with one attached hydrogen (secondary N) is 1. The zero-order valence-electron chi connectivity index (χ0n) is 12.8. The third-order valence-corrected chi connectivity index (χ3v) is 3.07. The Morgan fingerprint density at radius 1 is 1.30 bits per heavy atom. The van der Waals surface area contributed by atoms with Crippen molar-refractivity contribution in [2.75, 3.05) is 33.4 Å². The van der Waals surface area contributed by atoms with Gasteiger partial charge in [-0.05, 0) is 38.4 Å². The number of aliphatic hydroxyl groups is 1. The summed E-state index contributed by atoms with van der Waals surface area (Å²) in [6.07, 6.45) is 1.46. The van der Waals surface area contributed by atoms with Crippen LogP contribution in [-0.4, -0.2) is 38.5 Å². The van der Waals surface area contributed by atoms with Crippen LogP contribution in [0.25, 0.3) is 0 Å². The summed E-state index contributed by atoms with van der Waals surface area (Å²) in [4.78, 5) is 0. The molecule has 4 nitrogen and oxygen atoms in total. The fourth-order valence-corrected chi connectivity index (χ4v) is 2.01. The van der Waals surface area contributed by atoms with Gasteiger partial charge in [0, 0.05) is 25.3 Å². The van der Waals surface area contributed by atoms with Crippen LogP contribution in [-0.2, 0) is 4.74 Å². The first-order valence-corrected chi connectivity index (χ1v) is 7.30. The summed E-state index contributed by atoms with van der Waals surface area (Å²) in [5.41, 5.74) is 1.95. The van der Waals surface area contributed by atoms with Gasteiger partial charge in [0.15, 0.2) is 0 Å². The van der Waals surface area contributed by atoms with E-state index >= 15 is 0 Å². The molecule has 0 aliphatic carbocycles. The number of aryl methyl sites for hydroxylation is 1. The number of methoxy groups -OCH3 is 1. The quantitative estimate of drug-likeness (QED) is 0.647. The molecule has 0 aromatic heterocycles. The summed E-state index contributed by atoms with van der Waals surface area (Å²) in [6.45, 7) is 7.06. The summed E-state index contributed by atoms with van der Waals surface area (Å²) in [5, 5.41) is 13.5. The number of hydrogen-bond acceptors (Lipinski definition) is 4. The molecular formula is C16H27NO3. The number of benzene rings is 1. The van der Waals surface area contributed by atoms with Gasteiger partial charge in [-0.2, -0.15) is 0 Å². The molecule has 4 heteroatoms. The SMILES string of the molecule is CCCOCCCNCC(O)c1cc(C)ccc1OC. The molecule has 20 heavy (non-hydrogen) atoms. The third kappa shape index (κ3) is 5.90. The maximum Gasteiger partial charge on any atom is 0.124 e. The number of rotatable bonds is 10. The second-order valence-electron chi connectivity index (χ2n) is 4.93. The molecule has 0 amide bonds. The first-order valence-electron chi connectivity index (χ1n) is 7.30. The zero-order chi connectivity index (χ0) is 14.8. The van der Waals surface area contributed by atoms with Crippen LogP contribution < -0.4 is 10.1 Å². The Bertz CT molecular complexity index is 382. The fraction of sp³-hybridized carbons (Fsp3) is 0.625. The average molecular weight is 281 g/mol. The molecule has 0 saturated heterocycles. The summed E-state index contributed by atoms with van der Waals surface area (Å²) < 4.78 is 10.7. The Morgan fingerprint density at radius 2 is 2.10 bits per heavy atom. The number of ether oxygens (including phenoxy) is 2. The van der Waals surface area contributed by atoms with Crippen LogP contribution in [0.15, 0.2) is 18.2 Å². The molecule has 0 heterocycles. The average Bonchev–Trinajstić information content (AvgIpc) is 2.46. The van der Waals surface area contributed by atoms with Gasteiger partial charge in [-0.25, -0.2) is 0 Å². The van der Waals surface area contributed by atoms with Crippen LogP contribution in [0.2, 0.25) is 0 Å². The van der Waals surface area contributed by atoms with Crippen molar-refractivity contribution >= 4 is 0 Å². The standard InChI is InChI=1S/C16H27NO3/c1-4-9-20-10-5-8-17-12-15(18)14-11-13(2)6-7-16(14)19-3/h6-7,11,15,17-18H,4-5,8-10,12H2,1-3H3. The molecule has 0 bridgehead atoms. The highest BCUT2D eigenvalue weighted by molar-refractivity contribution is 5.38. The highest BCUT2D eigenvalue weighted by Gasteiger charge is 2.12. The van der Waals surface area contributed by atoms with E-state index in [0.29, 0.717) is 6.54 Å². The van der Waals surface area contributed by atoms with Gasteiger partial charge < -0.3 is 19.9 Å². The molecule has 0 aliphatic rings. The number of hydrogen-bond donors (Lipinski definition) is 2. The summed E-state index contributed by atoms with van der Waals surface area (Å²) in [6, 6.07) is 5.84. The topological polar surface area (TPSA) is 50.7 Å². The van der Waals surface area contributed by atoms with E-state index < -0.39 is 6.10 Å². The van der Waals surface area contributed by atoms with E-state index in [-0.39, 0.29) is 0 Å². The molecule has 0 aliphatic heterocycles. The maximum absolute atomic E-state index is 10.2. The second kappa shape index (κ2) is 9.75. The van der Waals surface area contributed by atoms with Gasteiger partial charge in [0.25, 0.3) is 0 Å². The van der Waals surface area contributed by atoms with Crippen LogP contribution in [0.1, 0.15) is 37.0 Å². The van der Waals surface area contributed by atoms with Gasteiger partial charge in [0.2, 0.25) is 0 Å². The summed E-state index contributed by atoms with van der Waals surface area (Å²) >= 11 is 0. The van der Waals surface area contributed by atoms with Crippen molar-refractivity contribution in [1.82, 2.24) is 5.32 Å². The van der Waals surface area contributed by atoms with Crippen LogP contribution in [0, 0.1) is 6.92 Å². The van der Waals surface area contributed by atoms with Gasteiger partial charge in [0.1, 0.15) is 5.75 Å². The third-order valence-electron chi connectivity index (χ3n) is 3.07. The molecule has 0 fully saturated rings. The van der Waals surface area contributed by atoms with Gasteiger partial charge in [-0.15, -0.1) is 0 Å². The maximum atomic E-state index is 10.2. The van der Waals surface area contributed by atoms with Crippen molar-refractivity contribution in [3.63, 3.8) is 0 Å². The Kier molecular flexibility index (Phi) is 8.26. The zero-order valence-corrected chi connectivity index (χ0v) is 12.8. The lowest BCUT2D eigenvalue weighted by Gasteiger charge is -2.16. The highest BCUT2D eigenvalue weighted by atomic mass is 16.5. The molecule has 1 aromatic rings. The predicted molar refractivity (Wildman–Crippen MR) is 81.3 cm³/mol. The van der Waals surface area contributed by atoms with E-state index in [4.69, 9.17) is 9.47 Å². The lowest BCUT2D eigenvalue weighted by Crippen LogP contribution is -2.23. The van der Waals surface area contributed by atoms with Crippen molar-refractivity contribution in [3.05, 3.63) is 29.3 Å². The molecule has 0 saturated carbocycles. The van der Waals surface area contributed by atoms with E-state index in [9.17, 15) is 5.11 Å². The molecule has 1 aromatic carbocycles. The van der Waals surface area contributed by atoms with Crippen LogP contribution >= 0.6 is 0 Å². The Morgan fingerprint density at radius 3 is 2.80 bits per heavy atom. The second-order valence-corrected chi connectivity index (χ2v) is 4.93. The van der Waals surface area contributed by atoms with E-state index in [2.05, 4.69) is 12.2 Å². The summed E-state index contributed by atoms with van der Waals surface area (Å²) in [7, 11) is 1.62.